The van der Waals surface area contributed by atoms with Crippen LogP contribution in [-0.2, 0) is 16.8 Å². The molecule has 0 bridgehead atoms. The molecule has 1 N–H and O–H groups in total. The zero-order valence-electron chi connectivity index (χ0n) is 10.9. The number of aromatic nitrogens is 1. The fourth-order valence-corrected chi connectivity index (χ4v) is 2.45. The molecule has 0 saturated heterocycles. The lowest BCUT2D eigenvalue weighted by Gasteiger charge is -2.17. The summed E-state index contributed by atoms with van der Waals surface area (Å²) in [6.45, 7) is 9.74. The number of likely N-dealkylation sites (N-methyl/N-ethyl adjacent to an activating group) is 1. The number of carboxylic acid groups (broad SMARTS) is 1. The number of carboxylic acids is 1. The second-order valence-electron chi connectivity index (χ2n) is 5.07. The van der Waals surface area contributed by atoms with E-state index in [1.807, 2.05) is 11.8 Å². The minimum atomic E-state index is -0.792. The Hall–Kier alpha value is -0.940. The van der Waals surface area contributed by atoms with E-state index in [1.54, 1.807) is 11.3 Å². The van der Waals surface area contributed by atoms with Gasteiger partial charge in [-0.15, -0.1) is 11.3 Å². The Morgan fingerprint density at radius 1 is 1.53 bits per heavy atom. The molecule has 1 rings (SSSR count). The van der Waals surface area contributed by atoms with E-state index in [-0.39, 0.29) is 12.0 Å². The van der Waals surface area contributed by atoms with E-state index in [9.17, 15) is 4.79 Å². The molecule has 1 heterocycles. The van der Waals surface area contributed by atoms with Crippen molar-refractivity contribution in [3.63, 3.8) is 0 Å². The van der Waals surface area contributed by atoms with Crippen molar-refractivity contribution in [3.05, 3.63) is 16.1 Å². The molecular weight excluding hydrogens is 236 g/mol. The molecule has 1 aromatic rings. The lowest BCUT2D eigenvalue weighted by molar-refractivity contribution is -0.138. The van der Waals surface area contributed by atoms with Crippen LogP contribution in [0.1, 0.15) is 38.4 Å². The van der Waals surface area contributed by atoms with Gasteiger partial charge in [0.05, 0.1) is 18.8 Å². The molecule has 4 nitrogen and oxygen atoms in total. The average molecular weight is 256 g/mol. The van der Waals surface area contributed by atoms with Gasteiger partial charge in [0.25, 0.3) is 0 Å². The molecule has 0 aliphatic carbocycles. The maximum atomic E-state index is 10.7. The van der Waals surface area contributed by atoms with Gasteiger partial charge >= 0.3 is 5.97 Å². The number of hydrogen-bond acceptors (Lipinski definition) is 4. The Morgan fingerprint density at radius 3 is 2.59 bits per heavy atom. The predicted octanol–water partition coefficient (Wildman–Crippen LogP) is 2.35. The molecule has 0 spiro atoms. The second kappa shape index (κ2) is 5.60. The summed E-state index contributed by atoms with van der Waals surface area (Å²) in [5, 5.41) is 11.8. The molecule has 0 aliphatic heterocycles. The molecule has 0 aliphatic rings. The Bertz CT molecular complexity index is 382. The molecule has 0 atom stereocenters. The third-order valence-electron chi connectivity index (χ3n) is 2.49. The molecule has 5 heteroatoms. The fourth-order valence-electron chi connectivity index (χ4n) is 1.39. The van der Waals surface area contributed by atoms with Gasteiger partial charge in [0.15, 0.2) is 0 Å². The molecule has 0 amide bonds. The minimum Gasteiger partial charge on any atom is -0.480 e. The molecule has 1 aromatic heterocycles. The van der Waals surface area contributed by atoms with Crippen molar-refractivity contribution >= 4 is 17.3 Å². The van der Waals surface area contributed by atoms with Crippen LogP contribution in [0.5, 0.6) is 0 Å². The molecule has 0 saturated carbocycles. The van der Waals surface area contributed by atoms with E-state index in [4.69, 9.17) is 5.11 Å². The molecule has 0 radical (unpaired) electrons. The zero-order chi connectivity index (χ0) is 13.1. The van der Waals surface area contributed by atoms with E-state index in [2.05, 4.69) is 31.1 Å². The van der Waals surface area contributed by atoms with E-state index in [0.29, 0.717) is 6.54 Å². The minimum absolute atomic E-state index is 0.0542. The maximum Gasteiger partial charge on any atom is 0.317 e. The van der Waals surface area contributed by atoms with Crippen molar-refractivity contribution in [1.29, 1.82) is 0 Å². The lowest BCUT2D eigenvalue weighted by atomic mass is 9.93. The number of aliphatic carboxylic acids is 1. The topological polar surface area (TPSA) is 53.4 Å². The first-order chi connectivity index (χ1) is 7.82. The predicted molar refractivity (Wildman–Crippen MR) is 69.4 cm³/mol. The Morgan fingerprint density at radius 2 is 2.18 bits per heavy atom. The first kappa shape index (κ1) is 14.1. The highest BCUT2D eigenvalue weighted by Gasteiger charge is 2.18. The van der Waals surface area contributed by atoms with Crippen molar-refractivity contribution in [2.75, 3.05) is 13.1 Å². The van der Waals surface area contributed by atoms with Gasteiger partial charge in [-0.25, -0.2) is 4.98 Å². The summed E-state index contributed by atoms with van der Waals surface area (Å²) in [4.78, 5) is 17.1. The van der Waals surface area contributed by atoms with Gasteiger partial charge in [-0.3, -0.25) is 9.69 Å². The van der Waals surface area contributed by atoms with Crippen molar-refractivity contribution in [1.82, 2.24) is 9.88 Å². The van der Waals surface area contributed by atoms with Gasteiger partial charge in [-0.2, -0.15) is 0 Å². The van der Waals surface area contributed by atoms with Gasteiger partial charge in [0.1, 0.15) is 5.01 Å². The monoisotopic (exact) mass is 256 g/mol. The Kier molecular flexibility index (Phi) is 4.65. The van der Waals surface area contributed by atoms with Crippen molar-refractivity contribution in [3.8, 4) is 0 Å². The molecule has 0 fully saturated rings. The molecule has 96 valence electrons. The van der Waals surface area contributed by atoms with Crippen LogP contribution in [0.2, 0.25) is 0 Å². The average Bonchev–Trinajstić information content (AvgIpc) is 2.63. The van der Waals surface area contributed by atoms with Crippen molar-refractivity contribution < 1.29 is 9.90 Å². The Labute approximate surface area is 106 Å². The maximum absolute atomic E-state index is 10.7. The summed E-state index contributed by atoms with van der Waals surface area (Å²) in [6.07, 6.45) is 0. The summed E-state index contributed by atoms with van der Waals surface area (Å²) in [5.41, 5.74) is 1.13. The highest BCUT2D eigenvalue weighted by atomic mass is 32.1. The van der Waals surface area contributed by atoms with Crippen molar-refractivity contribution in [2.45, 2.75) is 39.7 Å². The fraction of sp³-hybridized carbons (Fsp3) is 0.667. The van der Waals surface area contributed by atoms with Crippen LogP contribution in [0.25, 0.3) is 0 Å². The molecule has 0 aromatic carbocycles. The third kappa shape index (κ3) is 4.44. The first-order valence-electron chi connectivity index (χ1n) is 5.72. The Balaban J connectivity index is 2.68. The van der Waals surface area contributed by atoms with E-state index >= 15 is 0 Å². The van der Waals surface area contributed by atoms with Gasteiger partial charge in [-0.1, -0.05) is 27.7 Å². The summed E-state index contributed by atoms with van der Waals surface area (Å²) in [5.74, 6) is -0.792. The van der Waals surface area contributed by atoms with Gasteiger partial charge < -0.3 is 5.11 Å². The van der Waals surface area contributed by atoms with Gasteiger partial charge in [0, 0.05) is 10.8 Å². The van der Waals surface area contributed by atoms with Crippen LogP contribution in [0.3, 0.4) is 0 Å². The van der Waals surface area contributed by atoms with Crippen LogP contribution < -0.4 is 0 Å². The number of nitrogens with zero attached hydrogens (tertiary/aromatic N) is 2. The highest BCUT2D eigenvalue weighted by molar-refractivity contribution is 7.09. The largest absolute Gasteiger partial charge is 0.480 e. The van der Waals surface area contributed by atoms with Crippen LogP contribution in [0.4, 0.5) is 0 Å². The highest BCUT2D eigenvalue weighted by Crippen LogP contribution is 2.24. The van der Waals surface area contributed by atoms with Gasteiger partial charge in [0.2, 0.25) is 0 Å². The lowest BCUT2D eigenvalue weighted by Crippen LogP contribution is -2.29. The summed E-state index contributed by atoms with van der Waals surface area (Å²) in [6, 6.07) is 0. The van der Waals surface area contributed by atoms with Crippen LogP contribution in [-0.4, -0.2) is 34.0 Å². The van der Waals surface area contributed by atoms with Gasteiger partial charge in [-0.05, 0) is 6.54 Å². The smallest absolute Gasteiger partial charge is 0.317 e. The van der Waals surface area contributed by atoms with E-state index in [1.165, 1.54) is 0 Å². The zero-order valence-corrected chi connectivity index (χ0v) is 11.7. The van der Waals surface area contributed by atoms with Crippen LogP contribution in [0.15, 0.2) is 5.38 Å². The normalized spacial score (nSPS) is 12.1. The van der Waals surface area contributed by atoms with Crippen LogP contribution >= 0.6 is 11.3 Å². The quantitative estimate of drug-likeness (QED) is 0.878. The van der Waals surface area contributed by atoms with E-state index < -0.39 is 5.97 Å². The number of thiazole rings is 1. The van der Waals surface area contributed by atoms with Crippen LogP contribution in [0, 0.1) is 0 Å². The molecular formula is C12H20N2O2S. The number of carbonyl (C=O) groups is 1. The van der Waals surface area contributed by atoms with E-state index in [0.717, 1.165) is 17.2 Å². The standard InChI is InChI=1S/C12H20N2O2S/c1-5-14(7-11(15)16)6-10-13-9(8-17-10)12(2,3)4/h8H,5-7H2,1-4H3,(H,15,16). The number of hydrogen-bond donors (Lipinski definition) is 1. The second-order valence-corrected chi connectivity index (χ2v) is 6.02. The SMILES string of the molecule is CCN(CC(=O)O)Cc1nc(C(C)(C)C)cs1. The summed E-state index contributed by atoms with van der Waals surface area (Å²) < 4.78 is 0. The summed E-state index contributed by atoms with van der Waals surface area (Å²) >= 11 is 1.60. The van der Waals surface area contributed by atoms with Crippen molar-refractivity contribution in [2.24, 2.45) is 0 Å². The molecule has 0 unspecified atom stereocenters. The number of rotatable bonds is 5. The first-order valence-corrected chi connectivity index (χ1v) is 6.60. The molecule has 17 heavy (non-hydrogen) atoms. The summed E-state index contributed by atoms with van der Waals surface area (Å²) in [7, 11) is 0. The third-order valence-corrected chi connectivity index (χ3v) is 3.32.